The predicted octanol–water partition coefficient (Wildman–Crippen LogP) is 4.49. The monoisotopic (exact) mass is 347 g/mol. The number of nitrogens with zero attached hydrogens (tertiary/aromatic N) is 2. The number of aromatic nitrogens is 2. The van der Waals surface area contributed by atoms with Crippen LogP contribution >= 0.6 is 23.2 Å². The SMILES string of the molecule is CC1c2cccn2CCN1C(=O)c1[nH]c2ccc(Cl)cc2c1Cl. The van der Waals surface area contributed by atoms with Crippen LogP contribution in [0.1, 0.15) is 29.1 Å². The van der Waals surface area contributed by atoms with Crippen LogP contribution in [0.25, 0.3) is 10.9 Å². The maximum atomic E-state index is 13.0. The predicted molar refractivity (Wildman–Crippen MR) is 92.2 cm³/mol. The number of hydrogen-bond donors (Lipinski definition) is 1. The third kappa shape index (κ3) is 2.25. The second kappa shape index (κ2) is 5.32. The zero-order valence-electron chi connectivity index (χ0n) is 12.5. The van der Waals surface area contributed by atoms with Gasteiger partial charge in [-0.2, -0.15) is 0 Å². The minimum Gasteiger partial charge on any atom is -0.349 e. The van der Waals surface area contributed by atoms with Crippen LogP contribution in [0.2, 0.25) is 10.0 Å². The Bertz CT molecular complexity index is 912. The first-order valence-corrected chi connectivity index (χ1v) is 8.24. The molecule has 1 unspecified atom stereocenters. The van der Waals surface area contributed by atoms with Gasteiger partial charge in [-0.1, -0.05) is 23.2 Å². The van der Waals surface area contributed by atoms with Gasteiger partial charge in [-0.05, 0) is 37.3 Å². The van der Waals surface area contributed by atoms with Gasteiger partial charge in [0.15, 0.2) is 0 Å². The van der Waals surface area contributed by atoms with Crippen LogP contribution in [0.5, 0.6) is 0 Å². The molecule has 0 saturated heterocycles. The second-order valence-corrected chi connectivity index (χ2v) is 6.62. The van der Waals surface area contributed by atoms with Crippen molar-refractivity contribution in [3.8, 4) is 0 Å². The summed E-state index contributed by atoms with van der Waals surface area (Å²) in [4.78, 5) is 18.0. The van der Waals surface area contributed by atoms with E-state index in [1.807, 2.05) is 30.2 Å². The molecule has 3 heterocycles. The molecule has 0 spiro atoms. The number of benzene rings is 1. The van der Waals surface area contributed by atoms with Crippen LogP contribution in [0.3, 0.4) is 0 Å². The fourth-order valence-corrected chi connectivity index (χ4v) is 3.74. The molecule has 1 atom stereocenters. The average Bonchev–Trinajstić information content (AvgIpc) is 3.13. The fraction of sp³-hybridized carbons (Fsp3) is 0.235. The van der Waals surface area contributed by atoms with Gasteiger partial charge in [0.05, 0.1) is 11.1 Å². The number of carbonyl (C=O) groups excluding carboxylic acids is 1. The van der Waals surface area contributed by atoms with Crippen molar-refractivity contribution < 1.29 is 4.79 Å². The molecule has 1 aromatic carbocycles. The van der Waals surface area contributed by atoms with Crippen molar-refractivity contribution in [3.05, 3.63) is 58.0 Å². The van der Waals surface area contributed by atoms with E-state index in [4.69, 9.17) is 23.2 Å². The van der Waals surface area contributed by atoms with Crippen molar-refractivity contribution in [1.82, 2.24) is 14.5 Å². The number of hydrogen-bond acceptors (Lipinski definition) is 1. The van der Waals surface area contributed by atoms with Crippen LogP contribution < -0.4 is 0 Å². The van der Waals surface area contributed by atoms with Crippen molar-refractivity contribution in [2.75, 3.05) is 6.54 Å². The molecule has 4 nitrogen and oxygen atoms in total. The number of halogens is 2. The number of amides is 1. The van der Waals surface area contributed by atoms with Gasteiger partial charge in [0.1, 0.15) is 5.69 Å². The van der Waals surface area contributed by atoms with E-state index in [9.17, 15) is 4.79 Å². The Morgan fingerprint density at radius 2 is 2.09 bits per heavy atom. The maximum Gasteiger partial charge on any atom is 0.272 e. The first kappa shape index (κ1) is 14.7. The third-order valence-corrected chi connectivity index (χ3v) is 5.14. The molecule has 1 amide bonds. The van der Waals surface area contributed by atoms with Gasteiger partial charge in [-0.25, -0.2) is 0 Å². The third-order valence-electron chi connectivity index (χ3n) is 4.51. The molecular formula is C17H15Cl2N3O. The second-order valence-electron chi connectivity index (χ2n) is 5.80. The smallest absolute Gasteiger partial charge is 0.272 e. The molecule has 0 radical (unpaired) electrons. The first-order valence-electron chi connectivity index (χ1n) is 7.49. The molecule has 0 aliphatic carbocycles. The van der Waals surface area contributed by atoms with Crippen LogP contribution in [-0.2, 0) is 6.54 Å². The lowest BCUT2D eigenvalue weighted by Gasteiger charge is -2.34. The molecule has 1 aliphatic rings. The van der Waals surface area contributed by atoms with Crippen molar-refractivity contribution >= 4 is 40.0 Å². The van der Waals surface area contributed by atoms with E-state index >= 15 is 0 Å². The average molecular weight is 348 g/mol. The lowest BCUT2D eigenvalue weighted by atomic mass is 10.1. The number of nitrogens with one attached hydrogen (secondary N) is 1. The van der Waals surface area contributed by atoms with Gasteiger partial charge in [-0.3, -0.25) is 4.79 Å². The Morgan fingerprint density at radius 1 is 1.26 bits per heavy atom. The molecule has 1 N–H and O–H groups in total. The minimum absolute atomic E-state index is 0.0114. The van der Waals surface area contributed by atoms with Crippen molar-refractivity contribution in [2.24, 2.45) is 0 Å². The minimum atomic E-state index is -0.0812. The van der Waals surface area contributed by atoms with E-state index in [1.165, 1.54) is 0 Å². The number of carbonyl (C=O) groups is 1. The van der Waals surface area contributed by atoms with Crippen LogP contribution in [0.15, 0.2) is 36.5 Å². The Labute approximate surface area is 143 Å². The highest BCUT2D eigenvalue weighted by molar-refractivity contribution is 6.39. The maximum absolute atomic E-state index is 13.0. The number of rotatable bonds is 1. The number of fused-ring (bicyclic) bond motifs is 2. The summed E-state index contributed by atoms with van der Waals surface area (Å²) in [6.45, 7) is 3.49. The van der Waals surface area contributed by atoms with Gasteiger partial charge < -0.3 is 14.5 Å². The Kier molecular flexibility index (Phi) is 3.39. The molecule has 6 heteroatoms. The molecule has 118 valence electrons. The molecule has 2 aromatic heterocycles. The standard InChI is InChI=1S/C17H15Cl2N3O/c1-10-14-3-2-6-21(14)7-8-22(10)17(23)16-15(19)12-9-11(18)4-5-13(12)20-16/h2-6,9-10,20H,7-8H2,1H3. The van der Waals surface area contributed by atoms with Gasteiger partial charge in [-0.15, -0.1) is 0 Å². The Hall–Kier alpha value is -1.91. The lowest BCUT2D eigenvalue weighted by molar-refractivity contribution is 0.0639. The molecule has 0 fully saturated rings. The van der Waals surface area contributed by atoms with Crippen LogP contribution in [-0.4, -0.2) is 26.9 Å². The van der Waals surface area contributed by atoms with E-state index in [-0.39, 0.29) is 11.9 Å². The molecular weight excluding hydrogens is 333 g/mol. The summed E-state index contributed by atoms with van der Waals surface area (Å²) in [6.07, 6.45) is 2.05. The highest BCUT2D eigenvalue weighted by atomic mass is 35.5. The van der Waals surface area contributed by atoms with Gasteiger partial charge in [0.2, 0.25) is 0 Å². The van der Waals surface area contributed by atoms with Crippen LogP contribution in [0, 0.1) is 0 Å². The summed E-state index contributed by atoms with van der Waals surface area (Å²) in [5, 5.41) is 1.80. The zero-order chi connectivity index (χ0) is 16.1. The molecule has 0 saturated carbocycles. The Morgan fingerprint density at radius 3 is 2.91 bits per heavy atom. The summed E-state index contributed by atoms with van der Waals surface area (Å²) in [6, 6.07) is 9.47. The highest BCUT2D eigenvalue weighted by Gasteiger charge is 2.30. The topological polar surface area (TPSA) is 41.0 Å². The van der Waals surface area contributed by atoms with Crippen molar-refractivity contribution in [3.63, 3.8) is 0 Å². The van der Waals surface area contributed by atoms with E-state index in [2.05, 4.69) is 15.6 Å². The molecule has 23 heavy (non-hydrogen) atoms. The molecule has 4 rings (SSSR count). The van der Waals surface area contributed by atoms with E-state index in [1.54, 1.807) is 12.1 Å². The summed E-state index contributed by atoms with van der Waals surface area (Å²) < 4.78 is 2.18. The summed E-state index contributed by atoms with van der Waals surface area (Å²) in [7, 11) is 0. The zero-order valence-corrected chi connectivity index (χ0v) is 14.0. The normalized spacial score (nSPS) is 17.5. The first-order chi connectivity index (χ1) is 11.1. The lowest BCUT2D eigenvalue weighted by Crippen LogP contribution is -2.40. The van der Waals surface area contributed by atoms with Crippen LogP contribution in [0.4, 0.5) is 0 Å². The van der Waals surface area contributed by atoms with E-state index in [0.717, 1.165) is 23.1 Å². The quantitative estimate of drug-likeness (QED) is 0.692. The molecule has 3 aromatic rings. The molecule has 1 aliphatic heterocycles. The fourth-order valence-electron chi connectivity index (χ4n) is 3.28. The summed E-state index contributed by atoms with van der Waals surface area (Å²) in [5.74, 6) is -0.0812. The number of aromatic amines is 1. The van der Waals surface area contributed by atoms with Gasteiger partial charge >= 0.3 is 0 Å². The number of H-pyrrole nitrogens is 1. The van der Waals surface area contributed by atoms with E-state index in [0.29, 0.717) is 22.3 Å². The highest BCUT2D eigenvalue weighted by Crippen LogP contribution is 2.33. The summed E-state index contributed by atoms with van der Waals surface area (Å²) >= 11 is 12.5. The Balaban J connectivity index is 1.74. The van der Waals surface area contributed by atoms with Gasteiger partial charge in [0, 0.05) is 40.9 Å². The largest absolute Gasteiger partial charge is 0.349 e. The van der Waals surface area contributed by atoms with Crippen molar-refractivity contribution in [1.29, 1.82) is 0 Å². The summed E-state index contributed by atoms with van der Waals surface area (Å²) in [5.41, 5.74) is 2.38. The van der Waals surface area contributed by atoms with E-state index < -0.39 is 0 Å². The van der Waals surface area contributed by atoms with Gasteiger partial charge in [0.25, 0.3) is 5.91 Å². The van der Waals surface area contributed by atoms with Crippen molar-refractivity contribution in [2.45, 2.75) is 19.5 Å². The molecule has 0 bridgehead atoms.